The minimum Gasteiger partial charge on any atom is -0.444 e. The van der Waals surface area contributed by atoms with Gasteiger partial charge in [-0.05, 0) is 50.8 Å². The van der Waals surface area contributed by atoms with E-state index in [1.165, 1.54) is 0 Å². The first kappa shape index (κ1) is 17.0. The molecule has 0 aromatic carbocycles. The van der Waals surface area contributed by atoms with Crippen LogP contribution in [0.3, 0.4) is 0 Å². The number of hydrogen-bond donors (Lipinski definition) is 1. The molecular formula is C15H23ClN4O2. The molecule has 0 bridgehead atoms. The van der Waals surface area contributed by atoms with E-state index in [0.717, 1.165) is 31.7 Å². The van der Waals surface area contributed by atoms with Crippen LogP contribution in [0.1, 0.15) is 32.9 Å². The van der Waals surface area contributed by atoms with E-state index in [1.807, 2.05) is 26.8 Å². The summed E-state index contributed by atoms with van der Waals surface area (Å²) in [5.74, 6) is 0.435. The third-order valence-electron chi connectivity index (χ3n) is 3.36. The zero-order chi connectivity index (χ0) is 16.2. The molecule has 1 fully saturated rings. The van der Waals surface area contributed by atoms with Gasteiger partial charge in [0.1, 0.15) is 5.60 Å². The Kier molecular flexibility index (Phi) is 5.58. The highest BCUT2D eigenvalue weighted by molar-refractivity contribution is 6.28. The molecule has 0 radical (unpaired) electrons. The highest BCUT2D eigenvalue weighted by Gasteiger charge is 2.29. The van der Waals surface area contributed by atoms with E-state index in [-0.39, 0.29) is 11.4 Å². The Bertz CT molecular complexity index is 519. The van der Waals surface area contributed by atoms with Gasteiger partial charge in [0.15, 0.2) is 0 Å². The standard InChI is InChI=1S/C15H23ClN4O2/c1-15(2,3)22-14(21)20-7-5-11(10-20)8-17-9-12-4-6-18-13(16)19-12/h4,6,11,17H,5,7-10H2,1-3H3/t11-/m0/s1. The van der Waals surface area contributed by atoms with Crippen molar-refractivity contribution in [3.8, 4) is 0 Å². The molecule has 0 spiro atoms. The zero-order valence-electron chi connectivity index (χ0n) is 13.3. The van der Waals surface area contributed by atoms with Crippen molar-refractivity contribution in [2.75, 3.05) is 19.6 Å². The molecule has 1 saturated heterocycles. The van der Waals surface area contributed by atoms with E-state index >= 15 is 0 Å². The van der Waals surface area contributed by atoms with E-state index in [0.29, 0.717) is 12.5 Å². The monoisotopic (exact) mass is 326 g/mol. The number of hydrogen-bond acceptors (Lipinski definition) is 5. The first-order valence-electron chi connectivity index (χ1n) is 7.49. The summed E-state index contributed by atoms with van der Waals surface area (Å²) in [4.78, 5) is 21.7. The minimum absolute atomic E-state index is 0.224. The summed E-state index contributed by atoms with van der Waals surface area (Å²) >= 11 is 5.75. The smallest absolute Gasteiger partial charge is 0.410 e. The SMILES string of the molecule is CC(C)(C)OC(=O)N1CC[C@@H](CNCc2ccnc(Cl)n2)C1. The second-order valence-corrected chi connectivity index (χ2v) is 6.87. The fourth-order valence-electron chi connectivity index (χ4n) is 2.36. The Morgan fingerprint density at radius 1 is 1.55 bits per heavy atom. The number of ether oxygens (including phenoxy) is 1. The van der Waals surface area contributed by atoms with Crippen molar-refractivity contribution >= 4 is 17.7 Å². The van der Waals surface area contributed by atoms with E-state index in [4.69, 9.17) is 16.3 Å². The molecule has 7 heteroatoms. The van der Waals surface area contributed by atoms with Gasteiger partial charge in [-0.15, -0.1) is 0 Å². The van der Waals surface area contributed by atoms with Gasteiger partial charge in [0.2, 0.25) is 5.28 Å². The lowest BCUT2D eigenvalue weighted by atomic mass is 10.1. The van der Waals surface area contributed by atoms with Gasteiger partial charge in [0.05, 0.1) is 5.69 Å². The van der Waals surface area contributed by atoms with Gasteiger partial charge < -0.3 is 15.0 Å². The van der Waals surface area contributed by atoms with Crippen molar-refractivity contribution < 1.29 is 9.53 Å². The van der Waals surface area contributed by atoms with Crippen LogP contribution in [0.2, 0.25) is 5.28 Å². The molecule has 0 unspecified atom stereocenters. The molecule has 2 heterocycles. The molecule has 2 rings (SSSR count). The predicted octanol–water partition coefficient (Wildman–Crippen LogP) is 2.48. The topological polar surface area (TPSA) is 67.3 Å². The Balaban J connectivity index is 1.71. The average Bonchev–Trinajstić information content (AvgIpc) is 2.86. The van der Waals surface area contributed by atoms with Crippen molar-refractivity contribution in [1.82, 2.24) is 20.2 Å². The molecular weight excluding hydrogens is 304 g/mol. The first-order chi connectivity index (χ1) is 10.3. The second kappa shape index (κ2) is 7.24. The normalized spacial score (nSPS) is 18.5. The van der Waals surface area contributed by atoms with Gasteiger partial charge in [-0.3, -0.25) is 0 Å². The van der Waals surface area contributed by atoms with Crippen LogP contribution in [-0.2, 0) is 11.3 Å². The number of nitrogens with one attached hydrogen (secondary N) is 1. The van der Waals surface area contributed by atoms with Gasteiger partial charge in [-0.25, -0.2) is 14.8 Å². The third-order valence-corrected chi connectivity index (χ3v) is 3.54. The summed E-state index contributed by atoms with van der Waals surface area (Å²) in [5.41, 5.74) is 0.418. The fraction of sp³-hybridized carbons (Fsp3) is 0.667. The largest absolute Gasteiger partial charge is 0.444 e. The van der Waals surface area contributed by atoms with Crippen LogP contribution in [0, 0.1) is 5.92 Å². The molecule has 1 N–H and O–H groups in total. The van der Waals surface area contributed by atoms with Crippen LogP contribution >= 0.6 is 11.6 Å². The number of aromatic nitrogens is 2. The maximum atomic E-state index is 12.0. The Morgan fingerprint density at radius 3 is 3.00 bits per heavy atom. The van der Waals surface area contributed by atoms with Gasteiger partial charge in [-0.2, -0.15) is 0 Å². The number of carbonyl (C=O) groups is 1. The zero-order valence-corrected chi connectivity index (χ0v) is 14.1. The minimum atomic E-state index is -0.445. The molecule has 1 aromatic rings. The highest BCUT2D eigenvalue weighted by Crippen LogP contribution is 2.19. The van der Waals surface area contributed by atoms with Gasteiger partial charge >= 0.3 is 6.09 Å². The second-order valence-electron chi connectivity index (χ2n) is 6.53. The summed E-state index contributed by atoms with van der Waals surface area (Å²) in [6.45, 7) is 8.60. The van der Waals surface area contributed by atoms with E-state index in [9.17, 15) is 4.79 Å². The Hall–Kier alpha value is -1.40. The fourth-order valence-corrected chi connectivity index (χ4v) is 2.53. The summed E-state index contributed by atoms with van der Waals surface area (Å²) in [5, 5.41) is 3.61. The van der Waals surface area contributed by atoms with Crippen LogP contribution in [0.25, 0.3) is 0 Å². The van der Waals surface area contributed by atoms with Crippen LogP contribution < -0.4 is 5.32 Å². The van der Waals surface area contributed by atoms with Crippen molar-refractivity contribution in [3.05, 3.63) is 23.2 Å². The lowest BCUT2D eigenvalue weighted by Gasteiger charge is -2.24. The van der Waals surface area contributed by atoms with Crippen molar-refractivity contribution in [2.24, 2.45) is 5.92 Å². The molecule has 22 heavy (non-hydrogen) atoms. The van der Waals surface area contributed by atoms with Crippen LogP contribution in [0.15, 0.2) is 12.3 Å². The highest BCUT2D eigenvalue weighted by atomic mass is 35.5. The van der Waals surface area contributed by atoms with Crippen LogP contribution in [0.4, 0.5) is 4.79 Å². The number of likely N-dealkylation sites (tertiary alicyclic amines) is 1. The summed E-state index contributed by atoms with van der Waals surface area (Å²) in [6, 6.07) is 1.83. The molecule has 6 nitrogen and oxygen atoms in total. The number of halogens is 1. The average molecular weight is 327 g/mol. The maximum Gasteiger partial charge on any atom is 0.410 e. The summed E-state index contributed by atoms with van der Waals surface area (Å²) in [6.07, 6.45) is 2.40. The van der Waals surface area contributed by atoms with E-state index < -0.39 is 5.60 Å². The number of amides is 1. The number of nitrogens with zero attached hydrogens (tertiary/aromatic N) is 3. The van der Waals surface area contributed by atoms with Crippen molar-refractivity contribution in [1.29, 1.82) is 0 Å². The van der Waals surface area contributed by atoms with Gasteiger partial charge in [0, 0.05) is 32.4 Å². The summed E-state index contributed by atoms with van der Waals surface area (Å²) in [7, 11) is 0. The molecule has 1 aliphatic rings. The van der Waals surface area contributed by atoms with Gasteiger partial charge in [-0.1, -0.05) is 0 Å². The third kappa shape index (κ3) is 5.42. The maximum absolute atomic E-state index is 12.0. The first-order valence-corrected chi connectivity index (χ1v) is 7.87. The molecule has 1 aromatic heterocycles. The van der Waals surface area contributed by atoms with Gasteiger partial charge in [0.25, 0.3) is 0 Å². The predicted molar refractivity (Wildman–Crippen MR) is 84.7 cm³/mol. The number of carbonyl (C=O) groups excluding carboxylic acids is 1. The summed E-state index contributed by atoms with van der Waals surface area (Å²) < 4.78 is 5.39. The molecule has 0 aliphatic carbocycles. The molecule has 122 valence electrons. The lowest BCUT2D eigenvalue weighted by molar-refractivity contribution is 0.0288. The lowest BCUT2D eigenvalue weighted by Crippen LogP contribution is -2.36. The van der Waals surface area contributed by atoms with E-state index in [1.54, 1.807) is 11.1 Å². The molecule has 1 amide bonds. The molecule has 0 saturated carbocycles. The van der Waals surface area contributed by atoms with E-state index in [2.05, 4.69) is 15.3 Å². The van der Waals surface area contributed by atoms with Crippen LogP contribution in [0.5, 0.6) is 0 Å². The quantitative estimate of drug-likeness (QED) is 0.861. The van der Waals surface area contributed by atoms with Crippen LogP contribution in [-0.4, -0.2) is 46.2 Å². The van der Waals surface area contributed by atoms with Crippen molar-refractivity contribution in [3.63, 3.8) is 0 Å². The Labute approximate surface area is 136 Å². The molecule has 1 aliphatic heterocycles. The number of rotatable bonds is 4. The van der Waals surface area contributed by atoms with Crippen molar-refractivity contribution in [2.45, 2.75) is 39.3 Å². The molecule has 1 atom stereocenters. The Morgan fingerprint density at radius 2 is 2.32 bits per heavy atom.